The lowest BCUT2D eigenvalue weighted by molar-refractivity contribution is 0.267. The number of hydrogen-bond acceptors (Lipinski definition) is 6. The summed E-state index contributed by atoms with van der Waals surface area (Å²) >= 11 is 17.9. The first-order valence-electron chi connectivity index (χ1n) is 13.2. The summed E-state index contributed by atoms with van der Waals surface area (Å²) in [7, 11) is 0. The maximum absolute atomic E-state index is 13.7. The molecule has 0 spiro atoms. The van der Waals surface area contributed by atoms with Gasteiger partial charge in [0, 0.05) is 34.4 Å². The van der Waals surface area contributed by atoms with Crippen LogP contribution in [0.5, 0.6) is 11.5 Å². The number of benzene rings is 4. The second kappa shape index (κ2) is 13.3. The molecule has 0 bridgehead atoms. The molecule has 6 rings (SSSR count). The first kappa shape index (κ1) is 31.2. The fourth-order valence-electron chi connectivity index (χ4n) is 4.52. The van der Waals surface area contributed by atoms with E-state index in [0.29, 0.717) is 61.5 Å². The Balaban J connectivity index is 1.43. The monoisotopic (exact) mass is 905 g/mol. The van der Waals surface area contributed by atoms with Gasteiger partial charge in [0.1, 0.15) is 12.2 Å². The molecule has 12 heteroatoms. The number of para-hydroxylation sites is 1. The van der Waals surface area contributed by atoms with Crippen molar-refractivity contribution in [2.45, 2.75) is 13.5 Å². The van der Waals surface area contributed by atoms with Crippen LogP contribution in [0.15, 0.2) is 109 Å². The molecule has 0 radical (unpaired) electrons. The summed E-state index contributed by atoms with van der Waals surface area (Å²) in [4.78, 5) is 18.5. The van der Waals surface area contributed by atoms with E-state index in [0.717, 1.165) is 24.4 Å². The van der Waals surface area contributed by atoms with Crippen LogP contribution in [0, 0.1) is 0 Å². The lowest BCUT2D eigenvalue weighted by Gasteiger charge is -2.17. The number of aromatic nitrogens is 2. The van der Waals surface area contributed by atoms with E-state index in [4.69, 9.17) is 18.9 Å². The van der Waals surface area contributed by atoms with Gasteiger partial charge in [0.2, 0.25) is 5.82 Å². The molecule has 0 fully saturated rings. The summed E-state index contributed by atoms with van der Waals surface area (Å²) in [5, 5.41) is 5.93. The fraction of sp³-hybridized carbons (Fsp3) is 0.0938. The number of nitrogens with zero attached hydrogens (tertiary/aromatic N) is 3. The third-order valence-electron chi connectivity index (χ3n) is 6.61. The van der Waals surface area contributed by atoms with Gasteiger partial charge in [0.05, 0.1) is 28.2 Å². The Labute approximate surface area is 293 Å². The molecule has 222 valence electrons. The molecule has 0 saturated carbocycles. The van der Waals surface area contributed by atoms with Crippen LogP contribution >= 0.6 is 79.6 Å². The minimum Gasteiger partial charge on any atom is -0.490 e. The molecule has 0 aliphatic rings. The summed E-state index contributed by atoms with van der Waals surface area (Å²) < 4.78 is 23.7. The van der Waals surface area contributed by atoms with Crippen LogP contribution in [0.3, 0.4) is 0 Å². The molecule has 0 atom stereocenters. The quantitative estimate of drug-likeness (QED) is 0.142. The first-order valence-corrected chi connectivity index (χ1v) is 17.2. The lowest BCUT2D eigenvalue weighted by Crippen LogP contribution is -2.20. The zero-order valence-corrected chi connectivity index (χ0v) is 30.7. The van der Waals surface area contributed by atoms with Crippen LogP contribution < -0.4 is 15.0 Å². The van der Waals surface area contributed by atoms with Crippen LogP contribution in [0.4, 0.5) is 0 Å². The maximum atomic E-state index is 13.7. The first-order chi connectivity index (χ1) is 21.2. The Kier molecular flexibility index (Phi) is 9.44. The van der Waals surface area contributed by atoms with E-state index in [1.165, 1.54) is 4.68 Å². The van der Waals surface area contributed by atoms with E-state index >= 15 is 0 Å². The van der Waals surface area contributed by atoms with Crippen molar-refractivity contribution in [2.75, 3.05) is 6.61 Å². The zero-order valence-electron chi connectivity index (χ0n) is 22.8. The molecule has 4 aromatic carbocycles. The number of hydrogen-bond donors (Lipinski definition) is 0. The van der Waals surface area contributed by atoms with Gasteiger partial charge in [-0.1, -0.05) is 66.0 Å². The molecule has 0 N–H and O–H groups in total. The van der Waals surface area contributed by atoms with E-state index in [-0.39, 0.29) is 11.4 Å². The van der Waals surface area contributed by atoms with Gasteiger partial charge in [-0.2, -0.15) is 9.78 Å². The minimum atomic E-state index is -0.330. The summed E-state index contributed by atoms with van der Waals surface area (Å²) in [6.07, 6.45) is 1.58. The van der Waals surface area contributed by atoms with Crippen molar-refractivity contribution >= 4 is 108 Å². The van der Waals surface area contributed by atoms with E-state index in [1.54, 1.807) is 24.4 Å². The molecular weight excluding hydrogens is 890 g/mol. The highest BCUT2D eigenvalue weighted by atomic mass is 79.9. The van der Waals surface area contributed by atoms with Crippen LogP contribution in [-0.4, -0.2) is 22.5 Å². The largest absolute Gasteiger partial charge is 0.490 e. The standard InChI is InChI=1S/C32H20Br5N3O4/c1-2-42-26-13-19(28(36)29(37)30(26)43-16-17-7-8-21(34)14-23(17)35)15-38-40-31(39-24-6-4-3-5-22(24)32(40)41)27-12-18-11-20(33)9-10-25(18)44-27/h3-15H,2,16H2,1H3. The molecule has 6 aromatic rings. The average Bonchev–Trinajstić information content (AvgIpc) is 3.43. The summed E-state index contributed by atoms with van der Waals surface area (Å²) in [6.45, 7) is 2.63. The fourth-order valence-corrected chi connectivity index (χ4v) is 7.00. The third-order valence-corrected chi connectivity index (χ3v) is 10.5. The number of halogens is 5. The Hall–Kier alpha value is -2.77. The predicted molar refractivity (Wildman–Crippen MR) is 191 cm³/mol. The maximum Gasteiger partial charge on any atom is 0.282 e. The van der Waals surface area contributed by atoms with Gasteiger partial charge in [-0.15, -0.1) is 0 Å². The second-order valence-electron chi connectivity index (χ2n) is 9.49. The SMILES string of the molecule is CCOc1cc(C=Nn2c(-c3cc4cc(Br)ccc4o3)nc3ccccc3c2=O)c(Br)c(Br)c1OCc1ccc(Br)cc1Br. The van der Waals surface area contributed by atoms with Crippen molar-refractivity contribution in [2.24, 2.45) is 5.10 Å². The summed E-state index contributed by atoms with van der Waals surface area (Å²) in [5.74, 6) is 1.74. The lowest BCUT2D eigenvalue weighted by atomic mass is 10.2. The van der Waals surface area contributed by atoms with Crippen LogP contribution in [0.1, 0.15) is 18.1 Å². The van der Waals surface area contributed by atoms with Gasteiger partial charge in [0.15, 0.2) is 17.3 Å². The van der Waals surface area contributed by atoms with Crippen LogP contribution in [0.25, 0.3) is 33.5 Å². The molecule has 2 heterocycles. The predicted octanol–water partition coefficient (Wildman–Crippen LogP) is 10.5. The number of rotatable bonds is 8. The highest BCUT2D eigenvalue weighted by molar-refractivity contribution is 9.13. The van der Waals surface area contributed by atoms with Gasteiger partial charge in [-0.05, 0) is 93.4 Å². The number of fused-ring (bicyclic) bond motifs is 2. The zero-order chi connectivity index (χ0) is 31.0. The van der Waals surface area contributed by atoms with Gasteiger partial charge < -0.3 is 13.9 Å². The summed E-state index contributed by atoms with van der Waals surface area (Å²) in [6, 6.07) is 22.4. The van der Waals surface area contributed by atoms with Gasteiger partial charge in [0.25, 0.3) is 5.56 Å². The van der Waals surface area contributed by atoms with Crippen LogP contribution in [0.2, 0.25) is 0 Å². The minimum absolute atomic E-state index is 0.275. The van der Waals surface area contributed by atoms with Crippen molar-refractivity contribution in [3.8, 4) is 23.1 Å². The van der Waals surface area contributed by atoms with E-state index in [2.05, 4.69) is 84.8 Å². The second-order valence-corrected chi connectivity index (χ2v) is 13.8. The Bertz CT molecular complexity index is 2140. The van der Waals surface area contributed by atoms with Crippen molar-refractivity contribution in [1.82, 2.24) is 9.66 Å². The van der Waals surface area contributed by atoms with Crippen molar-refractivity contribution in [1.29, 1.82) is 0 Å². The van der Waals surface area contributed by atoms with E-state index < -0.39 is 0 Å². The Morgan fingerprint density at radius 2 is 1.68 bits per heavy atom. The van der Waals surface area contributed by atoms with E-state index in [1.807, 2.05) is 61.5 Å². The van der Waals surface area contributed by atoms with Gasteiger partial charge >= 0.3 is 0 Å². The van der Waals surface area contributed by atoms with Crippen molar-refractivity contribution in [3.05, 3.63) is 117 Å². The Morgan fingerprint density at radius 1 is 0.909 bits per heavy atom. The Morgan fingerprint density at radius 3 is 2.48 bits per heavy atom. The molecule has 44 heavy (non-hydrogen) atoms. The number of ether oxygens (including phenoxy) is 2. The van der Waals surface area contributed by atoms with Crippen molar-refractivity contribution in [3.63, 3.8) is 0 Å². The van der Waals surface area contributed by atoms with Crippen LogP contribution in [-0.2, 0) is 6.61 Å². The average molecular weight is 910 g/mol. The molecular formula is C32H20Br5N3O4. The molecule has 2 aromatic heterocycles. The smallest absolute Gasteiger partial charge is 0.282 e. The van der Waals surface area contributed by atoms with Gasteiger partial charge in [-0.25, -0.2) is 4.98 Å². The van der Waals surface area contributed by atoms with Crippen molar-refractivity contribution < 1.29 is 13.9 Å². The molecule has 0 amide bonds. The number of furan rings is 1. The molecule has 7 nitrogen and oxygen atoms in total. The topological polar surface area (TPSA) is 78.9 Å². The summed E-state index contributed by atoms with van der Waals surface area (Å²) in [5.41, 5.74) is 2.50. The highest BCUT2D eigenvalue weighted by Crippen LogP contribution is 2.43. The third kappa shape index (κ3) is 6.32. The highest BCUT2D eigenvalue weighted by Gasteiger charge is 2.20. The molecule has 0 unspecified atom stereocenters. The molecule has 0 aliphatic heterocycles. The molecule has 0 saturated heterocycles. The van der Waals surface area contributed by atoms with Gasteiger partial charge in [-0.3, -0.25) is 4.79 Å². The normalized spacial score (nSPS) is 11.6. The molecule has 0 aliphatic carbocycles. The van der Waals surface area contributed by atoms with E-state index in [9.17, 15) is 4.79 Å².